The van der Waals surface area contributed by atoms with Gasteiger partial charge in [0.25, 0.3) is 5.69 Å². The van der Waals surface area contributed by atoms with Gasteiger partial charge in [0.1, 0.15) is 18.0 Å². The molecule has 1 aliphatic heterocycles. The fourth-order valence-electron chi connectivity index (χ4n) is 3.05. The molecule has 1 saturated heterocycles. The standard InChI is InChI=1S/C21H25N3O5/c25-21(11-12-22-19-5-1-2-6-20(19)24(26)27)23-14-16-7-9-17(10-8-16)29-15-18-4-3-13-28-18/h1-2,5-10,18,22H,3-4,11-15H2,(H,23,25). The Kier molecular flexibility index (Phi) is 7.40. The van der Waals surface area contributed by atoms with Gasteiger partial charge in [-0.05, 0) is 36.6 Å². The number of carbonyl (C=O) groups excluding carboxylic acids is 1. The van der Waals surface area contributed by atoms with Crippen molar-refractivity contribution in [3.63, 3.8) is 0 Å². The minimum Gasteiger partial charge on any atom is -0.491 e. The first kappa shape index (κ1) is 20.6. The van der Waals surface area contributed by atoms with E-state index < -0.39 is 4.92 Å². The lowest BCUT2D eigenvalue weighted by Gasteiger charge is -2.12. The molecule has 0 spiro atoms. The molecule has 3 rings (SSSR count). The summed E-state index contributed by atoms with van der Waals surface area (Å²) in [5.41, 5.74) is 1.37. The summed E-state index contributed by atoms with van der Waals surface area (Å²) in [4.78, 5) is 22.6. The molecule has 8 nitrogen and oxygen atoms in total. The molecule has 0 aromatic heterocycles. The van der Waals surface area contributed by atoms with Crippen LogP contribution in [0, 0.1) is 10.1 Å². The van der Waals surface area contributed by atoms with Crippen LogP contribution < -0.4 is 15.4 Å². The highest BCUT2D eigenvalue weighted by Crippen LogP contribution is 2.23. The number of amides is 1. The van der Waals surface area contributed by atoms with E-state index in [9.17, 15) is 14.9 Å². The predicted molar refractivity (Wildman–Crippen MR) is 109 cm³/mol. The number of nitrogens with zero attached hydrogens (tertiary/aromatic N) is 1. The maximum Gasteiger partial charge on any atom is 0.292 e. The lowest BCUT2D eigenvalue weighted by molar-refractivity contribution is -0.384. The molecule has 2 aromatic carbocycles. The summed E-state index contributed by atoms with van der Waals surface area (Å²) in [6, 6.07) is 14.0. The Morgan fingerprint density at radius 3 is 2.72 bits per heavy atom. The smallest absolute Gasteiger partial charge is 0.292 e. The van der Waals surface area contributed by atoms with Gasteiger partial charge in [-0.2, -0.15) is 0 Å². The molecule has 1 atom stereocenters. The molecule has 0 aliphatic carbocycles. The van der Waals surface area contributed by atoms with Gasteiger partial charge < -0.3 is 20.1 Å². The number of benzene rings is 2. The molecule has 154 valence electrons. The quantitative estimate of drug-likeness (QED) is 0.470. The molecular formula is C21H25N3O5. The van der Waals surface area contributed by atoms with Crippen molar-refractivity contribution in [1.82, 2.24) is 5.32 Å². The van der Waals surface area contributed by atoms with Crippen molar-refractivity contribution in [3.05, 3.63) is 64.2 Å². The minimum atomic E-state index is -0.448. The van der Waals surface area contributed by atoms with Crippen molar-refractivity contribution in [1.29, 1.82) is 0 Å². The van der Waals surface area contributed by atoms with E-state index in [0.29, 0.717) is 25.4 Å². The van der Waals surface area contributed by atoms with Crippen LogP contribution in [0.2, 0.25) is 0 Å². The van der Waals surface area contributed by atoms with Crippen LogP contribution in [0.3, 0.4) is 0 Å². The summed E-state index contributed by atoms with van der Waals surface area (Å²) in [6.07, 6.45) is 2.52. The van der Waals surface area contributed by atoms with Crippen LogP contribution in [-0.2, 0) is 16.1 Å². The van der Waals surface area contributed by atoms with Crippen molar-refractivity contribution in [3.8, 4) is 5.75 Å². The third-order valence-electron chi connectivity index (χ3n) is 4.64. The molecule has 0 radical (unpaired) electrons. The lowest BCUT2D eigenvalue weighted by Crippen LogP contribution is -2.25. The Labute approximate surface area is 169 Å². The van der Waals surface area contributed by atoms with Gasteiger partial charge in [0.15, 0.2) is 0 Å². The number of rotatable bonds is 10. The van der Waals surface area contributed by atoms with E-state index in [1.807, 2.05) is 24.3 Å². The summed E-state index contributed by atoms with van der Waals surface area (Å²) in [5, 5.41) is 16.8. The van der Waals surface area contributed by atoms with Crippen LogP contribution in [0.4, 0.5) is 11.4 Å². The van der Waals surface area contributed by atoms with Gasteiger partial charge in [0.2, 0.25) is 5.91 Å². The number of para-hydroxylation sites is 2. The van der Waals surface area contributed by atoms with Gasteiger partial charge in [0.05, 0.1) is 11.0 Å². The molecule has 2 aromatic rings. The monoisotopic (exact) mass is 399 g/mol. The first-order valence-electron chi connectivity index (χ1n) is 9.69. The Bertz CT molecular complexity index is 819. The molecule has 1 fully saturated rings. The number of anilines is 1. The van der Waals surface area contributed by atoms with E-state index in [1.165, 1.54) is 6.07 Å². The van der Waals surface area contributed by atoms with Gasteiger partial charge in [-0.15, -0.1) is 0 Å². The summed E-state index contributed by atoms with van der Waals surface area (Å²) in [6.45, 7) is 2.09. The van der Waals surface area contributed by atoms with Crippen LogP contribution in [0.1, 0.15) is 24.8 Å². The van der Waals surface area contributed by atoms with Gasteiger partial charge in [-0.25, -0.2) is 0 Å². The number of nitrogens with one attached hydrogen (secondary N) is 2. The van der Waals surface area contributed by atoms with Crippen molar-refractivity contribution >= 4 is 17.3 Å². The number of nitro groups is 1. The molecule has 29 heavy (non-hydrogen) atoms. The van der Waals surface area contributed by atoms with Gasteiger partial charge in [0, 0.05) is 32.2 Å². The molecule has 1 unspecified atom stereocenters. The van der Waals surface area contributed by atoms with Gasteiger partial charge >= 0.3 is 0 Å². The highest BCUT2D eigenvalue weighted by Gasteiger charge is 2.16. The lowest BCUT2D eigenvalue weighted by atomic mass is 10.2. The van der Waals surface area contributed by atoms with E-state index in [2.05, 4.69) is 10.6 Å². The van der Waals surface area contributed by atoms with Gasteiger partial charge in [-0.3, -0.25) is 14.9 Å². The summed E-state index contributed by atoms with van der Waals surface area (Å²) in [5.74, 6) is 0.652. The third-order valence-corrected chi connectivity index (χ3v) is 4.64. The fourth-order valence-corrected chi connectivity index (χ4v) is 3.05. The van der Waals surface area contributed by atoms with E-state index in [-0.39, 0.29) is 24.1 Å². The fraction of sp³-hybridized carbons (Fsp3) is 0.381. The average molecular weight is 399 g/mol. The summed E-state index contributed by atoms with van der Waals surface area (Å²) >= 11 is 0. The average Bonchev–Trinajstić information content (AvgIpc) is 3.25. The van der Waals surface area contributed by atoms with E-state index in [1.54, 1.807) is 18.2 Å². The van der Waals surface area contributed by atoms with Crippen molar-refractivity contribution in [2.24, 2.45) is 0 Å². The SMILES string of the molecule is O=C(CCNc1ccccc1[N+](=O)[O-])NCc1ccc(OCC2CCCO2)cc1. The Hall–Kier alpha value is -3.13. The zero-order valence-corrected chi connectivity index (χ0v) is 16.1. The second-order valence-corrected chi connectivity index (χ2v) is 6.82. The van der Waals surface area contributed by atoms with Crippen molar-refractivity contribution < 1.29 is 19.2 Å². The Morgan fingerprint density at radius 2 is 2.00 bits per heavy atom. The van der Waals surface area contributed by atoms with Crippen LogP contribution in [-0.4, -0.2) is 36.7 Å². The number of ether oxygens (including phenoxy) is 2. The number of hydrogen-bond acceptors (Lipinski definition) is 6. The van der Waals surface area contributed by atoms with Crippen LogP contribution >= 0.6 is 0 Å². The van der Waals surface area contributed by atoms with Crippen molar-refractivity contribution in [2.75, 3.05) is 25.1 Å². The number of carbonyl (C=O) groups is 1. The second kappa shape index (κ2) is 10.4. The summed E-state index contributed by atoms with van der Waals surface area (Å²) in [7, 11) is 0. The van der Waals surface area contributed by atoms with Crippen LogP contribution in [0.15, 0.2) is 48.5 Å². The molecule has 2 N–H and O–H groups in total. The molecule has 1 aliphatic rings. The largest absolute Gasteiger partial charge is 0.491 e. The molecule has 1 heterocycles. The van der Waals surface area contributed by atoms with E-state index >= 15 is 0 Å². The van der Waals surface area contributed by atoms with Crippen LogP contribution in [0.25, 0.3) is 0 Å². The van der Waals surface area contributed by atoms with E-state index in [4.69, 9.17) is 9.47 Å². The minimum absolute atomic E-state index is 0.00490. The molecule has 1 amide bonds. The van der Waals surface area contributed by atoms with Crippen LogP contribution in [0.5, 0.6) is 5.75 Å². The number of hydrogen-bond donors (Lipinski definition) is 2. The Balaban J connectivity index is 1.36. The zero-order valence-electron chi connectivity index (χ0n) is 16.1. The molecule has 8 heteroatoms. The maximum absolute atomic E-state index is 12.0. The predicted octanol–water partition coefficient (Wildman–Crippen LogP) is 3.27. The number of nitro benzene ring substituents is 1. The first-order valence-corrected chi connectivity index (χ1v) is 9.69. The Morgan fingerprint density at radius 1 is 1.21 bits per heavy atom. The van der Waals surface area contributed by atoms with Gasteiger partial charge in [-0.1, -0.05) is 24.3 Å². The highest BCUT2D eigenvalue weighted by atomic mass is 16.6. The molecule has 0 saturated carbocycles. The third kappa shape index (κ3) is 6.46. The summed E-state index contributed by atoms with van der Waals surface area (Å²) < 4.78 is 11.3. The first-order chi connectivity index (χ1) is 14.1. The highest BCUT2D eigenvalue weighted by molar-refractivity contribution is 5.76. The van der Waals surface area contributed by atoms with Crippen molar-refractivity contribution in [2.45, 2.75) is 31.9 Å². The second-order valence-electron chi connectivity index (χ2n) is 6.82. The zero-order chi connectivity index (χ0) is 20.5. The maximum atomic E-state index is 12.0. The normalized spacial score (nSPS) is 15.7. The van der Waals surface area contributed by atoms with E-state index in [0.717, 1.165) is 30.8 Å². The topological polar surface area (TPSA) is 103 Å². The molecular weight excluding hydrogens is 374 g/mol. The molecule has 0 bridgehead atoms.